The van der Waals surface area contributed by atoms with E-state index in [4.69, 9.17) is 22.1 Å². The van der Waals surface area contributed by atoms with Gasteiger partial charge in [0.15, 0.2) is 0 Å². The summed E-state index contributed by atoms with van der Waals surface area (Å²) in [6.45, 7) is 5.77. The Morgan fingerprint density at radius 2 is 1.95 bits per heavy atom. The van der Waals surface area contributed by atoms with Crippen LogP contribution in [0.25, 0.3) is 0 Å². The number of esters is 1. The number of carbonyl (C=O) groups excluding carboxylic acids is 1. The van der Waals surface area contributed by atoms with Crippen molar-refractivity contribution in [3.63, 3.8) is 0 Å². The van der Waals surface area contributed by atoms with Crippen molar-refractivity contribution in [2.75, 3.05) is 0 Å². The van der Waals surface area contributed by atoms with Crippen LogP contribution < -0.4 is 5.73 Å². The Morgan fingerprint density at radius 1 is 1.37 bits per heavy atom. The molecule has 3 nitrogen and oxygen atoms in total. The molecule has 1 aromatic carbocycles. The molecule has 1 unspecified atom stereocenters. The highest BCUT2D eigenvalue weighted by atomic mass is 35.5. The molecule has 0 fully saturated rings. The highest BCUT2D eigenvalue weighted by Crippen LogP contribution is 2.19. The van der Waals surface area contributed by atoms with Crippen molar-refractivity contribution in [3.8, 4) is 0 Å². The van der Waals surface area contributed by atoms with E-state index in [0.29, 0.717) is 17.9 Å². The summed E-state index contributed by atoms with van der Waals surface area (Å²) >= 11 is 5.84. The van der Waals surface area contributed by atoms with Crippen LogP contribution in [0.4, 0.5) is 0 Å². The average Bonchev–Trinajstić information content (AvgIpc) is 2.31. The van der Waals surface area contributed by atoms with E-state index in [1.54, 1.807) is 0 Å². The van der Waals surface area contributed by atoms with Gasteiger partial charge in [0.2, 0.25) is 0 Å². The Bertz CT molecular complexity index is 415. The third-order valence-electron chi connectivity index (χ3n) is 2.82. The normalized spacial score (nSPS) is 13.1. The van der Waals surface area contributed by atoms with Gasteiger partial charge in [-0.15, -0.1) is 0 Å². The number of halogens is 1. The van der Waals surface area contributed by atoms with E-state index in [-0.39, 0.29) is 5.97 Å². The van der Waals surface area contributed by atoms with Crippen LogP contribution in [0.5, 0.6) is 0 Å². The number of hydrogen-bond acceptors (Lipinski definition) is 3. The Kier molecular flexibility index (Phi) is 5.83. The summed E-state index contributed by atoms with van der Waals surface area (Å²) in [6.07, 6.45) is 2.15. The molecule has 0 aliphatic heterocycles. The number of carbonyl (C=O) groups is 1. The quantitative estimate of drug-likeness (QED) is 0.815. The van der Waals surface area contributed by atoms with E-state index in [1.165, 1.54) is 0 Å². The minimum Gasteiger partial charge on any atom is -0.458 e. The summed E-state index contributed by atoms with van der Waals surface area (Å²) in [5, 5.41) is 0.698. The van der Waals surface area contributed by atoms with Crippen LogP contribution in [0.1, 0.15) is 39.2 Å². The standard InChI is InChI=1S/C15H22ClNO2/c1-4-5-13(17)14(18)19-15(2,3)10-11-6-8-12(16)9-7-11/h6-9,13H,4-5,10,17H2,1-3H3. The first-order valence-corrected chi connectivity index (χ1v) is 6.95. The van der Waals surface area contributed by atoms with Gasteiger partial charge in [0, 0.05) is 11.4 Å². The second-order valence-corrected chi connectivity index (χ2v) is 5.82. The average molecular weight is 284 g/mol. The molecule has 1 rings (SSSR count). The topological polar surface area (TPSA) is 52.3 Å². The molecule has 0 radical (unpaired) electrons. The van der Waals surface area contributed by atoms with Crippen LogP contribution in [0.3, 0.4) is 0 Å². The van der Waals surface area contributed by atoms with Crippen LogP contribution in [-0.4, -0.2) is 17.6 Å². The van der Waals surface area contributed by atoms with E-state index >= 15 is 0 Å². The van der Waals surface area contributed by atoms with Crippen molar-refractivity contribution in [1.82, 2.24) is 0 Å². The monoisotopic (exact) mass is 283 g/mol. The summed E-state index contributed by atoms with van der Waals surface area (Å²) in [4.78, 5) is 11.8. The lowest BCUT2D eigenvalue weighted by Crippen LogP contribution is -2.39. The number of nitrogens with two attached hydrogens (primary N) is 1. The number of hydrogen-bond donors (Lipinski definition) is 1. The van der Waals surface area contributed by atoms with Crippen molar-refractivity contribution in [1.29, 1.82) is 0 Å². The molecule has 1 atom stereocenters. The van der Waals surface area contributed by atoms with Crippen molar-refractivity contribution >= 4 is 17.6 Å². The lowest BCUT2D eigenvalue weighted by Gasteiger charge is -2.27. The van der Waals surface area contributed by atoms with Crippen LogP contribution in [0.2, 0.25) is 5.02 Å². The SMILES string of the molecule is CCCC(N)C(=O)OC(C)(C)Cc1ccc(Cl)cc1. The summed E-state index contributed by atoms with van der Waals surface area (Å²) in [6, 6.07) is 7.00. The first-order valence-electron chi connectivity index (χ1n) is 6.57. The highest BCUT2D eigenvalue weighted by Gasteiger charge is 2.26. The fourth-order valence-corrected chi connectivity index (χ4v) is 2.03. The predicted molar refractivity (Wildman–Crippen MR) is 78.2 cm³/mol. The van der Waals surface area contributed by atoms with Gasteiger partial charge in [-0.05, 0) is 38.0 Å². The van der Waals surface area contributed by atoms with Gasteiger partial charge in [0.1, 0.15) is 11.6 Å². The van der Waals surface area contributed by atoms with Crippen LogP contribution in [0, 0.1) is 0 Å². The molecule has 2 N–H and O–H groups in total. The Balaban J connectivity index is 2.60. The predicted octanol–water partition coefficient (Wildman–Crippen LogP) is 3.33. The molecule has 0 amide bonds. The molecule has 0 aliphatic rings. The molecule has 0 heterocycles. The zero-order chi connectivity index (χ0) is 14.5. The van der Waals surface area contributed by atoms with Crippen molar-refractivity contribution in [2.45, 2.75) is 51.7 Å². The molecular weight excluding hydrogens is 262 g/mol. The van der Waals surface area contributed by atoms with Gasteiger partial charge >= 0.3 is 5.97 Å². The third-order valence-corrected chi connectivity index (χ3v) is 3.07. The second-order valence-electron chi connectivity index (χ2n) is 5.38. The van der Waals surface area contributed by atoms with Crippen LogP contribution >= 0.6 is 11.6 Å². The molecule has 4 heteroatoms. The third kappa shape index (κ3) is 5.62. The molecule has 1 aromatic rings. The first-order chi connectivity index (χ1) is 8.84. The van der Waals surface area contributed by atoms with Crippen molar-refractivity contribution < 1.29 is 9.53 Å². The van der Waals surface area contributed by atoms with Gasteiger partial charge < -0.3 is 10.5 Å². The number of rotatable bonds is 6. The summed E-state index contributed by atoms with van der Waals surface area (Å²) in [5.74, 6) is -0.333. The zero-order valence-corrected chi connectivity index (χ0v) is 12.5. The smallest absolute Gasteiger partial charge is 0.323 e. The molecule has 0 saturated carbocycles. The van der Waals surface area contributed by atoms with E-state index in [1.807, 2.05) is 45.0 Å². The maximum atomic E-state index is 11.8. The van der Waals surface area contributed by atoms with Gasteiger partial charge in [-0.25, -0.2) is 0 Å². The minimum absolute atomic E-state index is 0.333. The van der Waals surface area contributed by atoms with E-state index in [0.717, 1.165) is 12.0 Å². The molecular formula is C15H22ClNO2. The summed E-state index contributed by atoms with van der Waals surface area (Å²) in [7, 11) is 0. The summed E-state index contributed by atoms with van der Waals surface area (Å²) < 4.78 is 5.49. The first kappa shape index (κ1) is 16.0. The lowest BCUT2D eigenvalue weighted by atomic mass is 9.98. The van der Waals surface area contributed by atoms with Crippen molar-refractivity contribution in [2.24, 2.45) is 5.73 Å². The van der Waals surface area contributed by atoms with Gasteiger partial charge in [-0.2, -0.15) is 0 Å². The molecule has 19 heavy (non-hydrogen) atoms. The Labute approximate surface area is 120 Å². The number of benzene rings is 1. The fraction of sp³-hybridized carbons (Fsp3) is 0.533. The molecule has 0 bridgehead atoms. The van der Waals surface area contributed by atoms with Gasteiger partial charge in [0.05, 0.1) is 0 Å². The molecule has 106 valence electrons. The van der Waals surface area contributed by atoms with Gasteiger partial charge in [-0.1, -0.05) is 37.1 Å². The maximum Gasteiger partial charge on any atom is 0.323 e. The number of ether oxygens (including phenoxy) is 1. The molecule has 0 aromatic heterocycles. The molecule has 0 saturated heterocycles. The Morgan fingerprint density at radius 3 is 2.47 bits per heavy atom. The van der Waals surface area contributed by atoms with Crippen molar-refractivity contribution in [3.05, 3.63) is 34.9 Å². The fourth-order valence-electron chi connectivity index (χ4n) is 1.91. The largest absolute Gasteiger partial charge is 0.458 e. The van der Waals surface area contributed by atoms with Crippen LogP contribution in [-0.2, 0) is 16.0 Å². The Hall–Kier alpha value is -1.06. The molecule has 0 spiro atoms. The minimum atomic E-state index is -0.573. The van der Waals surface area contributed by atoms with Crippen LogP contribution in [0.15, 0.2) is 24.3 Å². The lowest BCUT2D eigenvalue weighted by molar-refractivity contribution is -0.158. The van der Waals surface area contributed by atoms with E-state index in [9.17, 15) is 4.79 Å². The highest BCUT2D eigenvalue weighted by molar-refractivity contribution is 6.30. The molecule has 0 aliphatic carbocycles. The second kappa shape index (κ2) is 6.92. The van der Waals surface area contributed by atoms with Gasteiger partial charge in [-0.3, -0.25) is 4.79 Å². The maximum absolute atomic E-state index is 11.8. The van der Waals surface area contributed by atoms with E-state index in [2.05, 4.69) is 0 Å². The van der Waals surface area contributed by atoms with Gasteiger partial charge in [0.25, 0.3) is 0 Å². The summed E-state index contributed by atoms with van der Waals surface area (Å²) in [5.41, 5.74) is 6.26. The zero-order valence-electron chi connectivity index (χ0n) is 11.8. The van der Waals surface area contributed by atoms with E-state index < -0.39 is 11.6 Å².